The van der Waals surface area contributed by atoms with E-state index in [9.17, 15) is 14.3 Å². The Balaban J connectivity index is 1.42. The standard InChI is InChI=1S/C18H24FN5O2/c1-23(9-12-3-5-14(19)6-4-12)10-17(26)20-15-7-13(8-15)18-22-21-16(11-25)24(18)2/h3-6,13,15,25H,7-11H2,1-2H3,(H,20,26). The molecule has 2 aromatic rings. The number of hydrogen-bond acceptors (Lipinski definition) is 5. The molecular formula is C18H24FN5O2. The van der Waals surface area contributed by atoms with E-state index in [1.54, 1.807) is 12.1 Å². The van der Waals surface area contributed by atoms with Crippen molar-refractivity contribution in [1.29, 1.82) is 0 Å². The van der Waals surface area contributed by atoms with Crippen molar-refractivity contribution in [3.8, 4) is 0 Å². The Morgan fingerprint density at radius 2 is 2.04 bits per heavy atom. The van der Waals surface area contributed by atoms with Crippen LogP contribution in [0.1, 0.15) is 36.0 Å². The van der Waals surface area contributed by atoms with E-state index in [-0.39, 0.29) is 36.8 Å². The molecule has 1 heterocycles. The molecule has 2 N–H and O–H groups in total. The molecule has 1 aliphatic carbocycles. The van der Waals surface area contributed by atoms with Gasteiger partial charge in [-0.3, -0.25) is 9.69 Å². The molecule has 0 spiro atoms. The number of carbonyl (C=O) groups is 1. The van der Waals surface area contributed by atoms with Gasteiger partial charge in [0.05, 0.1) is 6.54 Å². The van der Waals surface area contributed by atoms with E-state index in [0.29, 0.717) is 12.4 Å². The second kappa shape index (κ2) is 7.92. The van der Waals surface area contributed by atoms with E-state index in [1.807, 2.05) is 23.6 Å². The summed E-state index contributed by atoms with van der Waals surface area (Å²) < 4.78 is 14.7. The molecule has 1 amide bonds. The molecule has 0 aliphatic heterocycles. The number of benzene rings is 1. The van der Waals surface area contributed by atoms with Crippen molar-refractivity contribution >= 4 is 5.91 Å². The fourth-order valence-electron chi connectivity index (χ4n) is 3.29. The highest BCUT2D eigenvalue weighted by atomic mass is 19.1. The van der Waals surface area contributed by atoms with Gasteiger partial charge < -0.3 is 15.0 Å². The lowest BCUT2D eigenvalue weighted by atomic mass is 9.79. The molecule has 0 bridgehead atoms. The Labute approximate surface area is 151 Å². The fourth-order valence-corrected chi connectivity index (χ4v) is 3.29. The molecule has 1 saturated carbocycles. The normalized spacial score (nSPS) is 19.4. The van der Waals surface area contributed by atoms with Gasteiger partial charge in [-0.25, -0.2) is 4.39 Å². The molecule has 140 valence electrons. The number of hydrogen-bond donors (Lipinski definition) is 2. The molecule has 0 radical (unpaired) electrons. The number of aromatic nitrogens is 3. The Morgan fingerprint density at radius 3 is 2.65 bits per heavy atom. The van der Waals surface area contributed by atoms with E-state index in [0.717, 1.165) is 24.2 Å². The van der Waals surface area contributed by atoms with Crippen LogP contribution in [0, 0.1) is 5.82 Å². The minimum absolute atomic E-state index is 0.0212. The highest BCUT2D eigenvalue weighted by Crippen LogP contribution is 2.35. The van der Waals surface area contributed by atoms with Crippen LogP contribution in [0.5, 0.6) is 0 Å². The summed E-state index contributed by atoms with van der Waals surface area (Å²) in [5, 5.41) is 20.3. The first kappa shape index (κ1) is 18.5. The van der Waals surface area contributed by atoms with Crippen LogP contribution in [-0.4, -0.2) is 50.3 Å². The predicted molar refractivity (Wildman–Crippen MR) is 93.6 cm³/mol. The molecule has 1 aromatic carbocycles. The molecule has 0 unspecified atom stereocenters. The number of amides is 1. The van der Waals surface area contributed by atoms with E-state index >= 15 is 0 Å². The maximum absolute atomic E-state index is 12.9. The minimum Gasteiger partial charge on any atom is -0.388 e. The van der Waals surface area contributed by atoms with Crippen molar-refractivity contribution in [1.82, 2.24) is 25.0 Å². The van der Waals surface area contributed by atoms with E-state index in [1.165, 1.54) is 12.1 Å². The van der Waals surface area contributed by atoms with Crippen LogP contribution in [0.3, 0.4) is 0 Å². The summed E-state index contributed by atoms with van der Waals surface area (Å²) in [6, 6.07) is 6.43. The first-order valence-corrected chi connectivity index (χ1v) is 8.67. The zero-order valence-corrected chi connectivity index (χ0v) is 15.0. The van der Waals surface area contributed by atoms with Crippen LogP contribution in [-0.2, 0) is 25.0 Å². The van der Waals surface area contributed by atoms with Crippen molar-refractivity contribution in [3.05, 3.63) is 47.3 Å². The van der Waals surface area contributed by atoms with Crippen LogP contribution < -0.4 is 5.32 Å². The predicted octanol–water partition coefficient (Wildman–Crippen LogP) is 0.941. The van der Waals surface area contributed by atoms with Gasteiger partial charge >= 0.3 is 0 Å². The zero-order chi connectivity index (χ0) is 18.7. The Kier molecular flexibility index (Phi) is 5.63. The molecule has 1 aliphatic rings. The van der Waals surface area contributed by atoms with Gasteiger partial charge in [0.25, 0.3) is 0 Å². The third kappa shape index (κ3) is 4.25. The lowest BCUT2D eigenvalue weighted by molar-refractivity contribution is -0.123. The van der Waals surface area contributed by atoms with Crippen LogP contribution in [0.15, 0.2) is 24.3 Å². The Bertz CT molecular complexity index is 755. The molecule has 3 rings (SSSR count). The van der Waals surface area contributed by atoms with Crippen molar-refractivity contribution in [3.63, 3.8) is 0 Å². The van der Waals surface area contributed by atoms with Gasteiger partial charge in [0, 0.05) is 25.6 Å². The monoisotopic (exact) mass is 361 g/mol. The molecule has 0 saturated heterocycles. The highest BCUT2D eigenvalue weighted by Gasteiger charge is 2.34. The van der Waals surface area contributed by atoms with Crippen molar-refractivity contribution in [2.45, 2.75) is 38.0 Å². The summed E-state index contributed by atoms with van der Waals surface area (Å²) in [5.41, 5.74) is 0.965. The van der Waals surface area contributed by atoms with Gasteiger partial charge in [0.1, 0.15) is 18.2 Å². The average Bonchev–Trinajstić information content (AvgIpc) is 2.93. The SMILES string of the molecule is CN(CC(=O)NC1CC(c2nnc(CO)n2C)C1)Cc1ccc(F)cc1. The Morgan fingerprint density at radius 1 is 1.35 bits per heavy atom. The second-order valence-corrected chi connectivity index (χ2v) is 6.92. The first-order valence-electron chi connectivity index (χ1n) is 8.67. The van der Waals surface area contributed by atoms with E-state index in [4.69, 9.17) is 0 Å². The van der Waals surface area contributed by atoms with Gasteiger partial charge in [0.2, 0.25) is 5.91 Å². The third-order valence-corrected chi connectivity index (χ3v) is 4.79. The van der Waals surface area contributed by atoms with Crippen LogP contribution in [0.25, 0.3) is 0 Å². The highest BCUT2D eigenvalue weighted by molar-refractivity contribution is 5.78. The van der Waals surface area contributed by atoms with Crippen molar-refractivity contribution < 1.29 is 14.3 Å². The Hall–Kier alpha value is -2.32. The van der Waals surface area contributed by atoms with Crippen LogP contribution in [0.4, 0.5) is 4.39 Å². The molecule has 1 aromatic heterocycles. The fraction of sp³-hybridized carbons (Fsp3) is 0.500. The van der Waals surface area contributed by atoms with Gasteiger partial charge in [-0.15, -0.1) is 10.2 Å². The van der Waals surface area contributed by atoms with Crippen LogP contribution >= 0.6 is 0 Å². The van der Waals surface area contributed by atoms with Crippen LogP contribution in [0.2, 0.25) is 0 Å². The summed E-state index contributed by atoms with van der Waals surface area (Å²) in [7, 11) is 3.71. The molecule has 7 nitrogen and oxygen atoms in total. The van der Waals surface area contributed by atoms with Crippen molar-refractivity contribution in [2.75, 3.05) is 13.6 Å². The number of aliphatic hydroxyl groups is 1. The molecular weight excluding hydrogens is 337 g/mol. The van der Waals surface area contributed by atoms with E-state index in [2.05, 4.69) is 15.5 Å². The van der Waals surface area contributed by atoms with Gasteiger partial charge in [0.15, 0.2) is 5.82 Å². The number of carbonyl (C=O) groups excluding carboxylic acids is 1. The second-order valence-electron chi connectivity index (χ2n) is 6.92. The smallest absolute Gasteiger partial charge is 0.234 e. The summed E-state index contributed by atoms with van der Waals surface area (Å²) in [6.07, 6.45) is 1.65. The van der Waals surface area contributed by atoms with E-state index < -0.39 is 0 Å². The number of aliphatic hydroxyl groups excluding tert-OH is 1. The average molecular weight is 361 g/mol. The molecule has 0 atom stereocenters. The minimum atomic E-state index is -0.261. The molecule has 26 heavy (non-hydrogen) atoms. The maximum Gasteiger partial charge on any atom is 0.234 e. The summed E-state index contributed by atoms with van der Waals surface area (Å²) >= 11 is 0. The number of nitrogens with zero attached hydrogens (tertiary/aromatic N) is 4. The lowest BCUT2D eigenvalue weighted by Gasteiger charge is -2.35. The third-order valence-electron chi connectivity index (χ3n) is 4.79. The van der Waals surface area contributed by atoms with Gasteiger partial charge in [-0.2, -0.15) is 0 Å². The lowest BCUT2D eigenvalue weighted by Crippen LogP contribution is -2.47. The zero-order valence-electron chi connectivity index (χ0n) is 15.0. The molecule has 1 fully saturated rings. The number of halogens is 1. The first-order chi connectivity index (χ1) is 12.5. The van der Waals surface area contributed by atoms with Crippen molar-refractivity contribution in [2.24, 2.45) is 7.05 Å². The number of likely N-dealkylation sites (N-methyl/N-ethyl adjacent to an activating group) is 1. The topological polar surface area (TPSA) is 83.3 Å². The largest absolute Gasteiger partial charge is 0.388 e. The van der Waals surface area contributed by atoms with Gasteiger partial charge in [-0.1, -0.05) is 12.1 Å². The quantitative estimate of drug-likeness (QED) is 0.767. The summed E-state index contributed by atoms with van der Waals surface area (Å²) in [4.78, 5) is 14.1. The number of rotatable bonds is 7. The maximum atomic E-state index is 12.9. The summed E-state index contributed by atoms with van der Waals surface area (Å²) in [6.45, 7) is 0.748. The summed E-state index contributed by atoms with van der Waals surface area (Å²) in [5.74, 6) is 1.38. The van der Waals surface area contributed by atoms with Gasteiger partial charge in [-0.05, 0) is 37.6 Å². The molecule has 8 heteroatoms. The number of nitrogens with one attached hydrogen (secondary N) is 1.